The van der Waals surface area contributed by atoms with Crippen LogP contribution in [0.4, 0.5) is 0 Å². The standard InChI is InChI=1S/C11H19N5O/c1-3-9-13-10(15-14-9)11(17)16-6-8(5-12)4-7(16)2/h7-8H,3-6,12H2,1-2H3,(H,13,14,15). The Morgan fingerprint density at radius 3 is 2.94 bits per heavy atom. The Kier molecular flexibility index (Phi) is 3.42. The zero-order valence-electron chi connectivity index (χ0n) is 10.3. The van der Waals surface area contributed by atoms with Gasteiger partial charge in [-0.2, -0.15) is 0 Å². The number of carbonyl (C=O) groups excluding carboxylic acids is 1. The van der Waals surface area contributed by atoms with Crippen molar-refractivity contribution in [2.24, 2.45) is 11.7 Å². The summed E-state index contributed by atoms with van der Waals surface area (Å²) in [7, 11) is 0. The van der Waals surface area contributed by atoms with Crippen molar-refractivity contribution in [1.29, 1.82) is 0 Å². The summed E-state index contributed by atoms with van der Waals surface area (Å²) in [6.07, 6.45) is 1.72. The molecule has 6 nitrogen and oxygen atoms in total. The lowest BCUT2D eigenvalue weighted by Gasteiger charge is -2.19. The molecule has 1 fully saturated rings. The first kappa shape index (κ1) is 12.0. The molecule has 0 aliphatic carbocycles. The lowest BCUT2D eigenvalue weighted by atomic mass is 10.1. The van der Waals surface area contributed by atoms with Crippen LogP contribution in [0, 0.1) is 5.92 Å². The van der Waals surface area contributed by atoms with Crippen molar-refractivity contribution in [3.8, 4) is 0 Å². The highest BCUT2D eigenvalue weighted by molar-refractivity contribution is 5.90. The summed E-state index contributed by atoms with van der Waals surface area (Å²) >= 11 is 0. The molecule has 6 heteroatoms. The van der Waals surface area contributed by atoms with E-state index in [2.05, 4.69) is 15.2 Å². The van der Waals surface area contributed by atoms with Gasteiger partial charge in [0.05, 0.1) is 0 Å². The van der Waals surface area contributed by atoms with E-state index >= 15 is 0 Å². The fraction of sp³-hybridized carbons (Fsp3) is 0.727. The first-order valence-electron chi connectivity index (χ1n) is 6.08. The Labute approximate surface area is 101 Å². The highest BCUT2D eigenvalue weighted by atomic mass is 16.2. The van der Waals surface area contributed by atoms with E-state index in [4.69, 9.17) is 5.73 Å². The molecule has 1 amide bonds. The molecule has 2 unspecified atom stereocenters. The van der Waals surface area contributed by atoms with Gasteiger partial charge < -0.3 is 10.6 Å². The lowest BCUT2D eigenvalue weighted by molar-refractivity contribution is 0.0731. The average molecular weight is 237 g/mol. The highest BCUT2D eigenvalue weighted by Crippen LogP contribution is 2.23. The van der Waals surface area contributed by atoms with Gasteiger partial charge in [0.1, 0.15) is 5.82 Å². The minimum absolute atomic E-state index is 0.0931. The summed E-state index contributed by atoms with van der Waals surface area (Å²) < 4.78 is 0. The van der Waals surface area contributed by atoms with Crippen molar-refractivity contribution in [1.82, 2.24) is 20.1 Å². The van der Waals surface area contributed by atoms with E-state index in [1.807, 2.05) is 18.7 Å². The monoisotopic (exact) mass is 237 g/mol. The third kappa shape index (κ3) is 2.31. The molecule has 1 aromatic heterocycles. The van der Waals surface area contributed by atoms with Crippen LogP contribution in [-0.4, -0.2) is 45.1 Å². The van der Waals surface area contributed by atoms with E-state index in [0.29, 0.717) is 19.0 Å². The molecular weight excluding hydrogens is 218 g/mol. The van der Waals surface area contributed by atoms with Crippen LogP contribution in [-0.2, 0) is 6.42 Å². The molecular formula is C11H19N5O. The summed E-state index contributed by atoms with van der Waals surface area (Å²) in [4.78, 5) is 18.2. The third-order valence-corrected chi connectivity index (χ3v) is 3.31. The Morgan fingerprint density at radius 1 is 1.65 bits per heavy atom. The molecule has 3 N–H and O–H groups in total. The Balaban J connectivity index is 2.09. The summed E-state index contributed by atoms with van der Waals surface area (Å²) in [5.74, 6) is 1.32. The molecule has 1 aliphatic heterocycles. The number of likely N-dealkylation sites (tertiary alicyclic amines) is 1. The number of hydrogen-bond acceptors (Lipinski definition) is 4. The van der Waals surface area contributed by atoms with Crippen LogP contribution in [0.3, 0.4) is 0 Å². The van der Waals surface area contributed by atoms with Crippen molar-refractivity contribution in [2.75, 3.05) is 13.1 Å². The molecule has 17 heavy (non-hydrogen) atoms. The lowest BCUT2D eigenvalue weighted by Crippen LogP contribution is -2.35. The maximum absolute atomic E-state index is 12.2. The predicted octanol–water partition coefficient (Wildman–Crippen LogP) is 0.176. The number of aryl methyl sites for hydroxylation is 1. The zero-order valence-corrected chi connectivity index (χ0v) is 10.3. The Hall–Kier alpha value is -1.43. The number of aromatic nitrogens is 3. The molecule has 1 aromatic rings. The van der Waals surface area contributed by atoms with Gasteiger partial charge in [0.15, 0.2) is 0 Å². The number of H-pyrrole nitrogens is 1. The van der Waals surface area contributed by atoms with Crippen LogP contribution in [0.15, 0.2) is 0 Å². The van der Waals surface area contributed by atoms with E-state index in [-0.39, 0.29) is 17.8 Å². The number of nitrogens with two attached hydrogens (primary N) is 1. The summed E-state index contributed by atoms with van der Waals surface area (Å²) in [6.45, 7) is 5.35. The van der Waals surface area contributed by atoms with Gasteiger partial charge >= 0.3 is 0 Å². The molecule has 0 bridgehead atoms. The Bertz CT molecular complexity index is 402. The molecule has 2 atom stereocenters. The fourth-order valence-electron chi connectivity index (χ4n) is 2.27. The number of hydrogen-bond donors (Lipinski definition) is 2. The van der Waals surface area contributed by atoms with Crippen LogP contribution in [0.1, 0.15) is 36.7 Å². The Morgan fingerprint density at radius 2 is 2.41 bits per heavy atom. The molecule has 0 saturated carbocycles. The van der Waals surface area contributed by atoms with Crippen LogP contribution < -0.4 is 5.73 Å². The SMILES string of the molecule is CCc1nc(C(=O)N2CC(CN)CC2C)n[nH]1. The van der Waals surface area contributed by atoms with Crippen molar-refractivity contribution in [3.63, 3.8) is 0 Å². The molecule has 2 heterocycles. The molecule has 0 aromatic carbocycles. The van der Waals surface area contributed by atoms with Crippen LogP contribution in [0.25, 0.3) is 0 Å². The summed E-state index contributed by atoms with van der Waals surface area (Å²) in [6, 6.07) is 0.222. The molecule has 2 rings (SSSR count). The van der Waals surface area contributed by atoms with Crippen LogP contribution in [0.2, 0.25) is 0 Å². The van der Waals surface area contributed by atoms with Gasteiger partial charge in [-0.25, -0.2) is 4.98 Å². The van der Waals surface area contributed by atoms with Crippen LogP contribution >= 0.6 is 0 Å². The molecule has 94 valence electrons. The number of nitrogens with one attached hydrogen (secondary N) is 1. The van der Waals surface area contributed by atoms with Gasteiger partial charge in [-0.3, -0.25) is 9.89 Å². The first-order chi connectivity index (χ1) is 8.15. The fourth-order valence-corrected chi connectivity index (χ4v) is 2.27. The van der Waals surface area contributed by atoms with E-state index in [1.54, 1.807) is 0 Å². The molecule has 1 aliphatic rings. The van der Waals surface area contributed by atoms with E-state index in [0.717, 1.165) is 18.7 Å². The average Bonchev–Trinajstić information content (AvgIpc) is 2.94. The topological polar surface area (TPSA) is 87.9 Å². The van der Waals surface area contributed by atoms with Crippen LogP contribution in [0.5, 0.6) is 0 Å². The maximum atomic E-state index is 12.2. The number of carbonyl (C=O) groups is 1. The minimum Gasteiger partial charge on any atom is -0.333 e. The molecule has 0 spiro atoms. The van der Waals surface area contributed by atoms with Gasteiger partial charge in [0, 0.05) is 19.0 Å². The van der Waals surface area contributed by atoms with Crippen molar-refractivity contribution in [3.05, 3.63) is 11.6 Å². The quantitative estimate of drug-likeness (QED) is 0.784. The van der Waals surface area contributed by atoms with E-state index in [1.165, 1.54) is 0 Å². The van der Waals surface area contributed by atoms with Gasteiger partial charge in [0.25, 0.3) is 5.91 Å². The third-order valence-electron chi connectivity index (χ3n) is 3.31. The van der Waals surface area contributed by atoms with Gasteiger partial charge in [0.2, 0.25) is 5.82 Å². The second kappa shape index (κ2) is 4.83. The highest BCUT2D eigenvalue weighted by Gasteiger charge is 2.33. The second-order valence-corrected chi connectivity index (χ2v) is 4.60. The smallest absolute Gasteiger partial charge is 0.293 e. The number of aromatic amines is 1. The molecule has 0 radical (unpaired) electrons. The largest absolute Gasteiger partial charge is 0.333 e. The van der Waals surface area contributed by atoms with Gasteiger partial charge in [-0.15, -0.1) is 5.10 Å². The van der Waals surface area contributed by atoms with Gasteiger partial charge in [-0.1, -0.05) is 6.92 Å². The van der Waals surface area contributed by atoms with Crippen molar-refractivity contribution >= 4 is 5.91 Å². The normalized spacial score (nSPS) is 24.3. The minimum atomic E-state index is -0.0931. The number of amides is 1. The molecule has 1 saturated heterocycles. The van der Waals surface area contributed by atoms with Crippen molar-refractivity contribution < 1.29 is 4.79 Å². The summed E-state index contributed by atoms with van der Waals surface area (Å²) in [5, 5.41) is 6.72. The maximum Gasteiger partial charge on any atom is 0.293 e. The van der Waals surface area contributed by atoms with Crippen molar-refractivity contribution in [2.45, 2.75) is 32.7 Å². The predicted molar refractivity (Wildman–Crippen MR) is 63.4 cm³/mol. The first-order valence-corrected chi connectivity index (χ1v) is 6.08. The van der Waals surface area contributed by atoms with Gasteiger partial charge in [-0.05, 0) is 25.8 Å². The second-order valence-electron chi connectivity index (χ2n) is 4.60. The number of rotatable bonds is 3. The van der Waals surface area contributed by atoms with E-state index < -0.39 is 0 Å². The number of nitrogens with zero attached hydrogens (tertiary/aromatic N) is 3. The summed E-state index contributed by atoms with van der Waals surface area (Å²) in [5.41, 5.74) is 5.65. The zero-order chi connectivity index (χ0) is 12.4. The van der Waals surface area contributed by atoms with E-state index in [9.17, 15) is 4.79 Å².